The molecule has 3 N–H and O–H groups in total. The van der Waals surface area contributed by atoms with Crippen LogP contribution in [0.2, 0.25) is 0 Å². The molecule has 0 saturated heterocycles. The average Bonchev–Trinajstić information content (AvgIpc) is 2.26. The predicted molar refractivity (Wildman–Crippen MR) is 72.5 cm³/mol. The molecule has 0 heterocycles. The zero-order chi connectivity index (χ0) is 14.8. The molecule has 0 aromatic heterocycles. The fourth-order valence-electron chi connectivity index (χ4n) is 1.39. The van der Waals surface area contributed by atoms with Gasteiger partial charge < -0.3 is 19.9 Å². The number of aromatic carboxylic acids is 1. The molecule has 0 spiro atoms. The van der Waals surface area contributed by atoms with E-state index in [2.05, 4.69) is 0 Å². The Hall–Kier alpha value is -1.37. The summed E-state index contributed by atoms with van der Waals surface area (Å²) in [4.78, 5) is 11.1. The van der Waals surface area contributed by atoms with Crippen molar-refractivity contribution < 1.29 is 24.7 Å². The lowest BCUT2D eigenvalue weighted by Crippen LogP contribution is -2.53. The molecule has 0 radical (unpaired) electrons. The number of carbonyl (C=O) groups is 1. The minimum atomic E-state index is -1.42. The topological polar surface area (TPSA) is 87.0 Å². The van der Waals surface area contributed by atoms with Crippen LogP contribution >= 0.6 is 0 Å². The van der Waals surface area contributed by atoms with Crippen LogP contribution in [0.25, 0.3) is 0 Å². The van der Waals surface area contributed by atoms with Gasteiger partial charge in [0.25, 0.3) is 0 Å². The van der Waals surface area contributed by atoms with Gasteiger partial charge in [-0.2, -0.15) is 0 Å². The molecular formula is C13H19BO5. The van der Waals surface area contributed by atoms with Crippen LogP contribution in [0.4, 0.5) is 0 Å². The first-order chi connectivity index (χ1) is 8.56. The van der Waals surface area contributed by atoms with Crippen molar-refractivity contribution in [2.45, 2.75) is 38.9 Å². The molecule has 0 bridgehead atoms. The maximum Gasteiger partial charge on any atom is 0.492 e. The molecule has 0 aliphatic heterocycles. The monoisotopic (exact) mass is 266 g/mol. The molecule has 0 saturated carbocycles. The Morgan fingerprint density at radius 3 is 2.21 bits per heavy atom. The molecule has 0 fully saturated rings. The van der Waals surface area contributed by atoms with E-state index < -0.39 is 24.3 Å². The summed E-state index contributed by atoms with van der Waals surface area (Å²) in [6.07, 6.45) is 0. The Labute approximate surface area is 113 Å². The molecule has 6 heteroatoms. The average molecular weight is 266 g/mol. The van der Waals surface area contributed by atoms with Crippen LogP contribution in [0.5, 0.6) is 0 Å². The highest BCUT2D eigenvalue weighted by molar-refractivity contribution is 6.61. The minimum Gasteiger partial charge on any atom is -0.478 e. The van der Waals surface area contributed by atoms with Crippen LogP contribution in [0.1, 0.15) is 38.1 Å². The number of aliphatic hydroxyl groups is 1. The highest BCUT2D eigenvalue weighted by atomic mass is 16.5. The van der Waals surface area contributed by atoms with Gasteiger partial charge in [0.1, 0.15) is 0 Å². The van der Waals surface area contributed by atoms with Crippen LogP contribution in [-0.2, 0) is 4.65 Å². The Morgan fingerprint density at radius 2 is 1.74 bits per heavy atom. The second kappa shape index (κ2) is 5.32. The van der Waals surface area contributed by atoms with Gasteiger partial charge in [0.15, 0.2) is 0 Å². The normalized spacial score (nSPS) is 12.3. The molecular weight excluding hydrogens is 247 g/mol. The molecule has 0 unspecified atom stereocenters. The molecule has 0 atom stereocenters. The Kier molecular flexibility index (Phi) is 4.40. The van der Waals surface area contributed by atoms with Crippen molar-refractivity contribution in [2.75, 3.05) is 0 Å². The lowest BCUT2D eigenvalue weighted by Gasteiger charge is -2.38. The summed E-state index contributed by atoms with van der Waals surface area (Å²) < 4.78 is 5.42. The maximum atomic E-state index is 11.1. The third kappa shape index (κ3) is 3.56. The quantitative estimate of drug-likeness (QED) is 0.681. The maximum absolute atomic E-state index is 11.1. The molecule has 0 amide bonds. The van der Waals surface area contributed by atoms with Crippen LogP contribution in [-0.4, -0.2) is 39.5 Å². The van der Waals surface area contributed by atoms with E-state index in [1.54, 1.807) is 39.8 Å². The summed E-state index contributed by atoms with van der Waals surface area (Å²) in [5, 5.41) is 29.1. The van der Waals surface area contributed by atoms with Gasteiger partial charge in [-0.05, 0) is 39.2 Å². The van der Waals surface area contributed by atoms with Crippen molar-refractivity contribution in [1.29, 1.82) is 0 Å². The number of rotatable bonds is 5. The van der Waals surface area contributed by atoms with Gasteiger partial charge in [0, 0.05) is 0 Å². The first-order valence-electron chi connectivity index (χ1n) is 5.97. The molecule has 1 rings (SSSR count). The van der Waals surface area contributed by atoms with E-state index in [9.17, 15) is 14.9 Å². The Bertz CT molecular complexity index is 464. The minimum absolute atomic E-state index is 0.0263. The van der Waals surface area contributed by atoms with Crippen molar-refractivity contribution >= 4 is 18.6 Å². The summed E-state index contributed by atoms with van der Waals surface area (Å²) in [6.45, 7) is 6.37. The molecule has 5 nitrogen and oxygen atoms in total. The second-order valence-corrected chi connectivity index (χ2v) is 5.43. The predicted octanol–water partition coefficient (Wildman–Crippen LogP) is 0.638. The third-order valence-corrected chi connectivity index (χ3v) is 3.34. The molecule has 19 heavy (non-hydrogen) atoms. The molecule has 1 aromatic rings. The van der Waals surface area contributed by atoms with Crippen molar-refractivity contribution in [1.82, 2.24) is 0 Å². The fraction of sp³-hybridized carbons (Fsp3) is 0.462. The summed E-state index contributed by atoms with van der Waals surface area (Å²) in [5.41, 5.74) is -2.10. The summed E-state index contributed by atoms with van der Waals surface area (Å²) >= 11 is 0. The van der Waals surface area contributed by atoms with Gasteiger partial charge in [0.2, 0.25) is 0 Å². The fourth-order valence-corrected chi connectivity index (χ4v) is 1.39. The van der Waals surface area contributed by atoms with Crippen LogP contribution in [0, 0.1) is 0 Å². The SMILES string of the molecule is CC(C)(O)C(C)(C)OB(O)c1ccccc1C(=O)O. The smallest absolute Gasteiger partial charge is 0.478 e. The number of carboxylic acid groups (broad SMARTS) is 1. The van der Waals surface area contributed by atoms with Crippen molar-refractivity contribution in [3.05, 3.63) is 29.8 Å². The largest absolute Gasteiger partial charge is 0.492 e. The van der Waals surface area contributed by atoms with Gasteiger partial charge in [-0.15, -0.1) is 0 Å². The first kappa shape index (κ1) is 15.7. The van der Waals surface area contributed by atoms with Gasteiger partial charge in [-0.1, -0.05) is 18.2 Å². The molecule has 0 aliphatic carbocycles. The van der Waals surface area contributed by atoms with Crippen LogP contribution < -0.4 is 5.46 Å². The zero-order valence-electron chi connectivity index (χ0n) is 11.5. The van der Waals surface area contributed by atoms with Crippen molar-refractivity contribution in [3.63, 3.8) is 0 Å². The van der Waals surface area contributed by atoms with Crippen molar-refractivity contribution in [2.24, 2.45) is 0 Å². The lowest BCUT2D eigenvalue weighted by molar-refractivity contribution is -0.0982. The van der Waals surface area contributed by atoms with E-state index in [-0.39, 0.29) is 11.0 Å². The third-order valence-electron chi connectivity index (χ3n) is 3.34. The van der Waals surface area contributed by atoms with E-state index in [0.29, 0.717) is 0 Å². The van der Waals surface area contributed by atoms with Crippen molar-refractivity contribution in [3.8, 4) is 0 Å². The standard InChI is InChI=1S/C13H19BO5/c1-12(2,17)13(3,4)19-14(18)10-8-6-5-7-9(10)11(15)16/h5-8,17-18H,1-4H3,(H,15,16). The lowest BCUT2D eigenvalue weighted by atomic mass is 9.74. The first-order valence-corrected chi connectivity index (χ1v) is 5.97. The van der Waals surface area contributed by atoms with Gasteiger partial charge in [-0.3, -0.25) is 0 Å². The Balaban J connectivity index is 3.03. The Morgan fingerprint density at radius 1 is 1.21 bits per heavy atom. The summed E-state index contributed by atoms with van der Waals surface area (Å²) in [5.74, 6) is -1.14. The van der Waals surface area contributed by atoms with Gasteiger partial charge >= 0.3 is 13.1 Å². The van der Waals surface area contributed by atoms with E-state index in [1.807, 2.05) is 0 Å². The number of hydrogen-bond acceptors (Lipinski definition) is 4. The summed E-state index contributed by atoms with van der Waals surface area (Å²) in [6, 6.07) is 6.06. The number of carboxylic acids is 1. The molecule has 104 valence electrons. The number of benzene rings is 1. The number of hydrogen-bond donors (Lipinski definition) is 3. The van der Waals surface area contributed by atoms with E-state index >= 15 is 0 Å². The summed E-state index contributed by atoms with van der Waals surface area (Å²) in [7, 11) is -1.42. The molecule has 0 aliphatic rings. The van der Waals surface area contributed by atoms with Crippen LogP contribution in [0.3, 0.4) is 0 Å². The second-order valence-electron chi connectivity index (χ2n) is 5.43. The van der Waals surface area contributed by atoms with Gasteiger partial charge in [-0.25, -0.2) is 4.79 Å². The van der Waals surface area contributed by atoms with Crippen LogP contribution in [0.15, 0.2) is 24.3 Å². The molecule has 1 aromatic carbocycles. The zero-order valence-corrected chi connectivity index (χ0v) is 11.5. The van der Waals surface area contributed by atoms with E-state index in [1.165, 1.54) is 12.1 Å². The highest BCUT2D eigenvalue weighted by Gasteiger charge is 2.40. The highest BCUT2D eigenvalue weighted by Crippen LogP contribution is 2.25. The van der Waals surface area contributed by atoms with E-state index in [4.69, 9.17) is 9.76 Å². The van der Waals surface area contributed by atoms with Gasteiger partial charge in [0.05, 0.1) is 16.8 Å². The van der Waals surface area contributed by atoms with E-state index in [0.717, 1.165) is 0 Å².